The first-order valence-electron chi connectivity index (χ1n) is 15.6. The summed E-state index contributed by atoms with van der Waals surface area (Å²) in [6.45, 7) is 8.78. The molecule has 0 spiro atoms. The molecule has 1 amide bonds. The minimum atomic E-state index is -0.386. The van der Waals surface area contributed by atoms with E-state index >= 15 is 0 Å². The Balaban J connectivity index is 1.30. The van der Waals surface area contributed by atoms with Crippen molar-refractivity contribution in [1.82, 2.24) is 19.8 Å². The highest BCUT2D eigenvalue weighted by Crippen LogP contribution is 2.34. The third-order valence-electron chi connectivity index (χ3n) is 7.58. The monoisotopic (exact) mass is 639 g/mol. The molecule has 44 heavy (non-hydrogen) atoms. The van der Waals surface area contributed by atoms with E-state index in [0.29, 0.717) is 50.5 Å². The number of H-pyrrole nitrogens is 1. The molecule has 8 nitrogen and oxygen atoms in total. The highest BCUT2D eigenvalue weighted by Gasteiger charge is 2.25. The molecule has 2 aromatic heterocycles. The maximum Gasteiger partial charge on any atom is 0.338 e. The number of carbonyl (C=O) groups excluding carboxylic acids is 2. The first-order valence-corrected chi connectivity index (χ1v) is 16.4. The molecule has 0 aliphatic carbocycles. The molecule has 2 aromatic carbocycles. The Labute approximate surface area is 269 Å². The number of aromatic amines is 1. The van der Waals surface area contributed by atoms with Gasteiger partial charge in [-0.05, 0) is 48.9 Å². The van der Waals surface area contributed by atoms with Crippen LogP contribution in [0.5, 0.6) is 0 Å². The van der Waals surface area contributed by atoms with Gasteiger partial charge < -0.3 is 10.1 Å². The summed E-state index contributed by atoms with van der Waals surface area (Å²) in [6.07, 6.45) is 12.2. The number of benzene rings is 2. The van der Waals surface area contributed by atoms with E-state index in [4.69, 9.17) is 27.9 Å². The van der Waals surface area contributed by atoms with E-state index in [9.17, 15) is 9.59 Å². The van der Waals surface area contributed by atoms with Crippen LogP contribution in [-0.4, -0.2) is 38.3 Å². The second kappa shape index (κ2) is 15.6. The van der Waals surface area contributed by atoms with Crippen molar-refractivity contribution in [3.63, 3.8) is 0 Å². The molecular weight excluding hydrogens is 597 g/mol. The van der Waals surface area contributed by atoms with Gasteiger partial charge in [0.05, 0.1) is 23.6 Å². The molecule has 236 valence electrons. The fourth-order valence-electron chi connectivity index (χ4n) is 5.01. The third kappa shape index (κ3) is 8.85. The van der Waals surface area contributed by atoms with Crippen LogP contribution in [0.3, 0.4) is 0 Å². The number of esters is 1. The second-order valence-corrected chi connectivity index (χ2v) is 13.1. The van der Waals surface area contributed by atoms with Crippen molar-refractivity contribution >= 4 is 46.4 Å². The number of amides is 1. The Hall–Kier alpha value is -3.36. The molecule has 10 heteroatoms. The zero-order chi connectivity index (χ0) is 31.7. The summed E-state index contributed by atoms with van der Waals surface area (Å²) in [5.74, 6) is -0.378. The summed E-state index contributed by atoms with van der Waals surface area (Å²) in [5.41, 5.74) is 2.92. The zero-order valence-electron chi connectivity index (χ0n) is 26.1. The number of halogens is 2. The summed E-state index contributed by atoms with van der Waals surface area (Å²) >= 11 is 12.9. The average molecular weight is 641 g/mol. The lowest BCUT2D eigenvalue weighted by Gasteiger charge is -2.16. The van der Waals surface area contributed by atoms with Gasteiger partial charge in [0.2, 0.25) is 0 Å². The minimum absolute atomic E-state index is 0.215. The number of hydrogen-bond acceptors (Lipinski definition) is 5. The van der Waals surface area contributed by atoms with Gasteiger partial charge in [-0.1, -0.05) is 109 Å². The van der Waals surface area contributed by atoms with Gasteiger partial charge in [0.1, 0.15) is 5.02 Å². The van der Waals surface area contributed by atoms with Crippen LogP contribution in [0.15, 0.2) is 42.5 Å². The van der Waals surface area contributed by atoms with Crippen molar-refractivity contribution in [3.8, 4) is 11.4 Å². The lowest BCUT2D eigenvalue weighted by atomic mass is 9.92. The van der Waals surface area contributed by atoms with Gasteiger partial charge in [-0.25, -0.2) is 9.78 Å². The summed E-state index contributed by atoms with van der Waals surface area (Å²) in [4.78, 5) is 30.3. The molecule has 0 radical (unpaired) electrons. The molecule has 0 saturated heterocycles. The summed E-state index contributed by atoms with van der Waals surface area (Å²) in [7, 11) is 0. The van der Waals surface area contributed by atoms with Crippen LogP contribution in [0, 0.1) is 0 Å². The molecule has 0 aliphatic heterocycles. The van der Waals surface area contributed by atoms with E-state index in [0.717, 1.165) is 18.5 Å². The van der Waals surface area contributed by atoms with Crippen molar-refractivity contribution in [1.29, 1.82) is 0 Å². The SMILES string of the molecule is CCCCCCCCCCCCOC(=O)c1ccc(C(=O)Nc2ccc(Cl)cc2-c2nc3c(Cl)c(C(C)(C)C)[nH]n3n2)cc1. The van der Waals surface area contributed by atoms with Crippen LogP contribution >= 0.6 is 23.2 Å². The molecule has 0 aliphatic rings. The van der Waals surface area contributed by atoms with Crippen LogP contribution in [0.2, 0.25) is 10.0 Å². The Morgan fingerprint density at radius 1 is 0.886 bits per heavy atom. The molecule has 0 bridgehead atoms. The van der Waals surface area contributed by atoms with Crippen molar-refractivity contribution in [3.05, 3.63) is 69.3 Å². The third-order valence-corrected chi connectivity index (χ3v) is 8.17. The number of fused-ring (bicyclic) bond motifs is 1. The number of ether oxygens (including phenoxy) is 1. The number of carbonyl (C=O) groups is 2. The van der Waals surface area contributed by atoms with Gasteiger partial charge in [0, 0.05) is 21.6 Å². The Morgan fingerprint density at radius 3 is 2.11 bits per heavy atom. The van der Waals surface area contributed by atoms with Gasteiger partial charge in [0.25, 0.3) is 5.91 Å². The van der Waals surface area contributed by atoms with E-state index in [1.165, 1.54) is 56.0 Å². The second-order valence-electron chi connectivity index (χ2n) is 12.3. The Kier molecular flexibility index (Phi) is 11.9. The van der Waals surface area contributed by atoms with Crippen LogP contribution in [0.25, 0.3) is 17.0 Å². The van der Waals surface area contributed by atoms with Gasteiger partial charge >= 0.3 is 5.97 Å². The van der Waals surface area contributed by atoms with Gasteiger partial charge in [-0.15, -0.1) is 5.10 Å². The highest BCUT2D eigenvalue weighted by molar-refractivity contribution is 6.34. The topological polar surface area (TPSA) is 101 Å². The van der Waals surface area contributed by atoms with Gasteiger partial charge in [-0.3, -0.25) is 9.89 Å². The number of hydrogen-bond donors (Lipinski definition) is 2. The smallest absolute Gasteiger partial charge is 0.338 e. The Bertz CT molecular complexity index is 1550. The normalized spacial score (nSPS) is 11.7. The van der Waals surface area contributed by atoms with Crippen LogP contribution in [0.1, 0.15) is 118 Å². The van der Waals surface area contributed by atoms with Crippen molar-refractivity contribution in [2.24, 2.45) is 0 Å². The van der Waals surface area contributed by atoms with Crippen LogP contribution < -0.4 is 5.32 Å². The number of anilines is 1. The highest BCUT2D eigenvalue weighted by atomic mass is 35.5. The van der Waals surface area contributed by atoms with E-state index < -0.39 is 0 Å². The minimum Gasteiger partial charge on any atom is -0.462 e. The van der Waals surface area contributed by atoms with Crippen LogP contribution in [-0.2, 0) is 10.2 Å². The fourth-order valence-corrected chi connectivity index (χ4v) is 5.63. The molecular formula is C34H43Cl2N5O3. The molecule has 4 rings (SSSR count). The predicted octanol–water partition coefficient (Wildman–Crippen LogP) is 9.66. The van der Waals surface area contributed by atoms with E-state index in [2.05, 4.69) is 27.4 Å². The average Bonchev–Trinajstić information content (AvgIpc) is 3.56. The Morgan fingerprint density at radius 2 is 1.50 bits per heavy atom. The van der Waals surface area contributed by atoms with Gasteiger partial charge in [-0.2, -0.15) is 4.63 Å². The van der Waals surface area contributed by atoms with Crippen molar-refractivity contribution in [2.75, 3.05) is 11.9 Å². The molecule has 2 N–H and O–H groups in total. The van der Waals surface area contributed by atoms with E-state index in [-0.39, 0.29) is 17.3 Å². The van der Waals surface area contributed by atoms with Crippen LogP contribution in [0.4, 0.5) is 5.69 Å². The van der Waals surface area contributed by atoms with E-state index in [1.807, 2.05) is 20.8 Å². The molecule has 0 atom stereocenters. The van der Waals surface area contributed by atoms with E-state index in [1.54, 1.807) is 42.5 Å². The number of nitrogens with one attached hydrogen (secondary N) is 2. The maximum atomic E-state index is 13.1. The predicted molar refractivity (Wildman–Crippen MR) is 178 cm³/mol. The van der Waals surface area contributed by atoms with Gasteiger partial charge in [0.15, 0.2) is 11.5 Å². The number of aromatic nitrogens is 4. The first-order chi connectivity index (χ1) is 21.1. The summed E-state index contributed by atoms with van der Waals surface area (Å²) < 4.78 is 6.97. The van der Waals surface area contributed by atoms with Crippen molar-refractivity contribution < 1.29 is 14.3 Å². The number of rotatable bonds is 15. The summed E-state index contributed by atoms with van der Waals surface area (Å²) in [6, 6.07) is 11.5. The lowest BCUT2D eigenvalue weighted by Crippen LogP contribution is -2.14. The van der Waals surface area contributed by atoms with Crippen molar-refractivity contribution in [2.45, 2.75) is 97.3 Å². The zero-order valence-corrected chi connectivity index (χ0v) is 27.7. The summed E-state index contributed by atoms with van der Waals surface area (Å²) in [5, 5.41) is 11.6. The molecule has 0 fully saturated rings. The molecule has 2 heterocycles. The quantitative estimate of drug-likeness (QED) is 0.0995. The number of nitrogens with zero attached hydrogens (tertiary/aromatic N) is 3. The standard InChI is InChI=1S/C34H43Cl2N5O3/c1-5-6-7-8-9-10-11-12-13-14-21-44-33(43)24-17-15-23(16-18-24)32(42)37-27-20-19-25(35)22-26(27)30-38-31-28(36)29(34(2,3)4)39-41(31)40-30/h15-20,22,39H,5-14,21H2,1-4H3,(H,37,42). The molecule has 0 unspecified atom stereocenters. The molecule has 4 aromatic rings. The first kappa shape index (κ1) is 33.5. The maximum absolute atomic E-state index is 13.1. The largest absolute Gasteiger partial charge is 0.462 e. The molecule has 0 saturated carbocycles. The fraction of sp³-hybridized carbons (Fsp3) is 0.471. The lowest BCUT2D eigenvalue weighted by molar-refractivity contribution is 0.0497. The number of unbranched alkanes of at least 4 members (excludes halogenated alkanes) is 9.